The Kier molecular flexibility index (Phi) is 7.70. The zero-order valence-corrected chi connectivity index (χ0v) is 17.8. The van der Waals surface area contributed by atoms with Crippen LogP contribution in [-0.4, -0.2) is 74.9 Å². The molecule has 0 spiro atoms. The predicted molar refractivity (Wildman–Crippen MR) is 113 cm³/mol. The molecule has 2 aliphatic rings. The molecule has 2 heterocycles. The molecular formula is C23H28O9. The number of carbonyl (C=O) groups is 1. The van der Waals surface area contributed by atoms with Crippen molar-refractivity contribution in [3.05, 3.63) is 59.2 Å². The predicted octanol–water partition coefficient (Wildman–Crippen LogP) is 0.649. The van der Waals surface area contributed by atoms with Crippen LogP contribution >= 0.6 is 0 Å². The maximum absolute atomic E-state index is 12.8. The molecule has 1 aromatic rings. The van der Waals surface area contributed by atoms with Crippen LogP contribution < -0.4 is 4.74 Å². The highest BCUT2D eigenvalue weighted by atomic mass is 16.7. The smallest absolute Gasteiger partial charge is 0.342 e. The van der Waals surface area contributed by atoms with Crippen LogP contribution in [0.15, 0.2) is 42.5 Å². The normalized spacial score (nSPS) is 30.8. The number of ether oxygens (including phenoxy) is 3. The number of cyclic esters (lactones) is 1. The molecule has 0 aromatic heterocycles. The highest BCUT2D eigenvalue weighted by Crippen LogP contribution is 2.38. The van der Waals surface area contributed by atoms with Crippen molar-refractivity contribution < 1.29 is 44.5 Å². The minimum atomic E-state index is -1.66. The number of fused-ring (bicyclic) bond motifs is 1. The summed E-state index contributed by atoms with van der Waals surface area (Å²) in [5.41, 5.74) is 1.08. The molecule has 174 valence electrons. The van der Waals surface area contributed by atoms with Crippen LogP contribution in [0.4, 0.5) is 0 Å². The molecule has 0 aliphatic carbocycles. The van der Waals surface area contributed by atoms with Gasteiger partial charge in [0.05, 0.1) is 6.61 Å². The van der Waals surface area contributed by atoms with Gasteiger partial charge in [0.25, 0.3) is 0 Å². The number of benzene rings is 1. The van der Waals surface area contributed by atoms with Crippen molar-refractivity contribution in [1.29, 1.82) is 0 Å². The van der Waals surface area contributed by atoms with E-state index >= 15 is 0 Å². The van der Waals surface area contributed by atoms with Crippen molar-refractivity contribution in [2.24, 2.45) is 0 Å². The van der Waals surface area contributed by atoms with Crippen LogP contribution in [0.1, 0.15) is 28.4 Å². The lowest BCUT2D eigenvalue weighted by atomic mass is 9.92. The summed E-state index contributed by atoms with van der Waals surface area (Å²) in [6.45, 7) is 2.94. The van der Waals surface area contributed by atoms with Gasteiger partial charge in [-0.15, -0.1) is 0 Å². The Labute approximate surface area is 185 Å². The molecular weight excluding hydrogens is 420 g/mol. The summed E-state index contributed by atoms with van der Waals surface area (Å²) in [5.74, 6) is -0.914. The summed E-state index contributed by atoms with van der Waals surface area (Å²) < 4.78 is 16.5. The molecule has 0 amide bonds. The van der Waals surface area contributed by atoms with Crippen LogP contribution in [-0.2, 0) is 15.9 Å². The summed E-state index contributed by atoms with van der Waals surface area (Å²) in [6.07, 6.45) is 3.07. The number of aliphatic hydroxyl groups is 4. The first-order chi connectivity index (χ1) is 15.3. The van der Waals surface area contributed by atoms with Gasteiger partial charge in [-0.1, -0.05) is 30.4 Å². The van der Waals surface area contributed by atoms with Crippen molar-refractivity contribution in [2.75, 3.05) is 6.61 Å². The first kappa shape index (κ1) is 24.0. The fourth-order valence-electron chi connectivity index (χ4n) is 3.63. The molecule has 1 aromatic carbocycles. The van der Waals surface area contributed by atoms with Crippen LogP contribution in [0.3, 0.4) is 0 Å². The summed E-state index contributed by atoms with van der Waals surface area (Å²) in [6, 6.07) is 1.20. The van der Waals surface area contributed by atoms with Gasteiger partial charge in [0.2, 0.25) is 6.29 Å². The molecule has 5 N–H and O–H groups in total. The highest BCUT2D eigenvalue weighted by Gasteiger charge is 2.45. The van der Waals surface area contributed by atoms with Crippen molar-refractivity contribution in [3.63, 3.8) is 0 Å². The Balaban J connectivity index is 1.88. The van der Waals surface area contributed by atoms with Crippen LogP contribution in [0, 0.1) is 6.92 Å². The van der Waals surface area contributed by atoms with Crippen molar-refractivity contribution in [1.82, 2.24) is 0 Å². The minimum Gasteiger partial charge on any atom is -0.508 e. The molecule has 1 saturated heterocycles. The van der Waals surface area contributed by atoms with E-state index in [1.54, 1.807) is 25.2 Å². The van der Waals surface area contributed by atoms with E-state index in [0.717, 1.165) is 0 Å². The van der Waals surface area contributed by atoms with Crippen LogP contribution in [0.5, 0.6) is 11.5 Å². The standard InChI is InChI=1S/C23H28O9/c1-3-4-5-6-7-8-13-9-14-12(2)15(25)10-16(18(14)22(29)30-13)31-23-21(28)20(27)19(26)17(11-24)32-23/h3-8,10,13,17,19-21,23-28H,9,11H2,1-2H3/t13-,17-,19-,20+,21-,23-/m1/s1. The fourth-order valence-corrected chi connectivity index (χ4v) is 3.63. The lowest BCUT2D eigenvalue weighted by molar-refractivity contribution is -0.277. The van der Waals surface area contributed by atoms with Gasteiger partial charge in [0.15, 0.2) is 0 Å². The average molecular weight is 448 g/mol. The SMILES string of the molecule is CC=CC=CC=C[C@@H]1Cc2c(C)c(O)cc(O[C@@H]3O[C@H](CO)[C@@H](O)[C@H](O)[C@H]3O)c2C(=O)O1. The van der Waals surface area contributed by atoms with Crippen molar-refractivity contribution >= 4 is 5.97 Å². The van der Waals surface area contributed by atoms with Crippen LogP contribution in [0.2, 0.25) is 0 Å². The second-order valence-corrected chi connectivity index (χ2v) is 7.63. The summed E-state index contributed by atoms with van der Waals surface area (Å²) in [4.78, 5) is 12.8. The number of rotatable bonds is 6. The number of allylic oxidation sites excluding steroid dienone is 5. The van der Waals surface area contributed by atoms with E-state index in [-0.39, 0.29) is 17.1 Å². The highest BCUT2D eigenvalue weighted by molar-refractivity contribution is 5.96. The van der Waals surface area contributed by atoms with E-state index in [1.807, 2.05) is 25.2 Å². The largest absolute Gasteiger partial charge is 0.508 e. The zero-order chi connectivity index (χ0) is 23.4. The van der Waals surface area contributed by atoms with Gasteiger partial charge in [-0.3, -0.25) is 0 Å². The minimum absolute atomic E-state index is 0.0753. The van der Waals surface area contributed by atoms with Gasteiger partial charge in [-0.05, 0) is 31.1 Å². The van der Waals surface area contributed by atoms with Gasteiger partial charge in [-0.2, -0.15) is 0 Å². The number of aromatic hydroxyl groups is 1. The molecule has 0 unspecified atom stereocenters. The number of aliphatic hydroxyl groups excluding tert-OH is 4. The molecule has 6 atom stereocenters. The Morgan fingerprint density at radius 1 is 1.12 bits per heavy atom. The van der Waals surface area contributed by atoms with Crippen LogP contribution in [0.25, 0.3) is 0 Å². The third-order valence-electron chi connectivity index (χ3n) is 5.46. The second-order valence-electron chi connectivity index (χ2n) is 7.63. The summed E-state index contributed by atoms with van der Waals surface area (Å²) in [7, 11) is 0. The topological polar surface area (TPSA) is 146 Å². The lowest BCUT2D eigenvalue weighted by Crippen LogP contribution is -2.60. The fraction of sp³-hybridized carbons (Fsp3) is 0.435. The first-order valence-corrected chi connectivity index (χ1v) is 10.3. The molecule has 0 radical (unpaired) electrons. The Morgan fingerprint density at radius 3 is 2.53 bits per heavy atom. The van der Waals surface area contributed by atoms with Gasteiger partial charge >= 0.3 is 5.97 Å². The third kappa shape index (κ3) is 4.87. The van der Waals surface area contributed by atoms with Gasteiger partial charge in [-0.25, -0.2) is 4.79 Å². The Morgan fingerprint density at radius 2 is 1.84 bits per heavy atom. The quantitative estimate of drug-likeness (QED) is 0.313. The number of carbonyl (C=O) groups excluding carboxylic acids is 1. The van der Waals surface area contributed by atoms with E-state index < -0.39 is 49.4 Å². The second kappa shape index (κ2) is 10.3. The van der Waals surface area contributed by atoms with E-state index in [9.17, 15) is 30.3 Å². The van der Waals surface area contributed by atoms with Crippen molar-refractivity contribution in [3.8, 4) is 11.5 Å². The van der Waals surface area contributed by atoms with Gasteiger partial charge in [0.1, 0.15) is 47.6 Å². The third-order valence-corrected chi connectivity index (χ3v) is 5.46. The number of esters is 1. The van der Waals surface area contributed by atoms with E-state index in [1.165, 1.54) is 6.07 Å². The van der Waals surface area contributed by atoms with Crippen molar-refractivity contribution in [2.45, 2.75) is 57.1 Å². The molecule has 0 bridgehead atoms. The van der Waals surface area contributed by atoms with Gasteiger partial charge < -0.3 is 39.7 Å². The van der Waals surface area contributed by atoms with E-state index in [0.29, 0.717) is 17.5 Å². The number of phenols is 1. The van der Waals surface area contributed by atoms with E-state index in [4.69, 9.17) is 14.2 Å². The molecule has 3 rings (SSSR count). The summed E-state index contributed by atoms with van der Waals surface area (Å²) in [5, 5.41) is 49.9. The number of phenolic OH excluding ortho intramolecular Hbond substituents is 1. The maximum atomic E-state index is 12.8. The monoisotopic (exact) mass is 448 g/mol. The Hall–Kier alpha value is -2.69. The molecule has 9 nitrogen and oxygen atoms in total. The first-order valence-electron chi connectivity index (χ1n) is 10.3. The molecule has 32 heavy (non-hydrogen) atoms. The molecule has 0 saturated carbocycles. The molecule has 1 fully saturated rings. The maximum Gasteiger partial charge on any atom is 0.342 e. The summed E-state index contributed by atoms with van der Waals surface area (Å²) >= 11 is 0. The van der Waals surface area contributed by atoms with Gasteiger partial charge in [0, 0.05) is 12.5 Å². The lowest BCUT2D eigenvalue weighted by Gasteiger charge is -2.40. The average Bonchev–Trinajstić information content (AvgIpc) is 2.77. The van der Waals surface area contributed by atoms with E-state index in [2.05, 4.69) is 0 Å². The number of hydrogen-bond donors (Lipinski definition) is 5. The Bertz CT molecular complexity index is 919. The molecule has 9 heteroatoms. The molecule has 2 aliphatic heterocycles. The number of hydrogen-bond acceptors (Lipinski definition) is 9. The zero-order valence-electron chi connectivity index (χ0n) is 17.8.